The van der Waals surface area contributed by atoms with Crippen molar-refractivity contribution in [2.75, 3.05) is 6.61 Å². The summed E-state index contributed by atoms with van der Waals surface area (Å²) in [4.78, 5) is 13.1. The van der Waals surface area contributed by atoms with Crippen LogP contribution >= 0.6 is 11.3 Å². The molecule has 0 radical (unpaired) electrons. The van der Waals surface area contributed by atoms with E-state index in [0.717, 1.165) is 17.7 Å². The summed E-state index contributed by atoms with van der Waals surface area (Å²) in [6, 6.07) is 10.8. The first kappa shape index (κ1) is 19.7. The molecule has 0 aliphatic carbocycles. The molecule has 0 aliphatic heterocycles. The van der Waals surface area contributed by atoms with Gasteiger partial charge in [0.05, 0.1) is 5.41 Å². The quantitative estimate of drug-likeness (QED) is 0.535. The van der Waals surface area contributed by atoms with E-state index in [-0.39, 0.29) is 5.78 Å². The summed E-state index contributed by atoms with van der Waals surface area (Å²) in [5.74, 6) is 1.68. The molecule has 2 nitrogen and oxygen atoms in total. The molecule has 0 bridgehead atoms. The summed E-state index contributed by atoms with van der Waals surface area (Å²) >= 11 is 1.86. The van der Waals surface area contributed by atoms with Crippen LogP contribution in [0.25, 0.3) is 0 Å². The van der Waals surface area contributed by atoms with E-state index in [0.29, 0.717) is 12.5 Å². The van der Waals surface area contributed by atoms with Crippen LogP contribution in [0.2, 0.25) is 0 Å². The van der Waals surface area contributed by atoms with Crippen molar-refractivity contribution >= 4 is 17.1 Å². The molecular weight excluding hydrogens is 328 g/mol. The van der Waals surface area contributed by atoms with Gasteiger partial charge in [0, 0.05) is 4.88 Å². The van der Waals surface area contributed by atoms with E-state index in [2.05, 4.69) is 43.5 Å². The maximum Gasteiger partial charge on any atom is 0.138 e. The fourth-order valence-corrected chi connectivity index (χ4v) is 3.75. The molecule has 1 aromatic carbocycles. The normalized spacial score (nSPS) is 12.8. The number of Topliss-reactive ketones (excluding diaryl/α,β-unsaturated/α-hetero) is 1. The van der Waals surface area contributed by atoms with E-state index in [9.17, 15) is 4.79 Å². The smallest absolute Gasteiger partial charge is 0.138 e. The molecule has 0 saturated carbocycles. The van der Waals surface area contributed by atoms with Crippen LogP contribution in [-0.4, -0.2) is 12.4 Å². The first-order chi connectivity index (χ1) is 11.8. The Morgan fingerprint density at radius 2 is 2.04 bits per heavy atom. The molecule has 0 amide bonds. The van der Waals surface area contributed by atoms with Gasteiger partial charge in [-0.25, -0.2) is 0 Å². The average Bonchev–Trinajstić information content (AvgIpc) is 3.09. The second kappa shape index (κ2) is 8.66. The number of carbonyl (C=O) groups is 1. The fraction of sp³-hybridized carbons (Fsp3) is 0.500. The van der Waals surface area contributed by atoms with Gasteiger partial charge in [0.2, 0.25) is 0 Å². The van der Waals surface area contributed by atoms with Crippen LogP contribution in [0.3, 0.4) is 0 Å². The van der Waals surface area contributed by atoms with Crippen LogP contribution in [0, 0.1) is 12.3 Å². The van der Waals surface area contributed by atoms with Crippen LogP contribution in [-0.2, 0) is 11.2 Å². The Labute approximate surface area is 156 Å². The van der Waals surface area contributed by atoms with Crippen molar-refractivity contribution in [2.45, 2.75) is 59.8 Å². The summed E-state index contributed by atoms with van der Waals surface area (Å²) in [6.45, 7) is 10.2. The Balaban J connectivity index is 1.96. The van der Waals surface area contributed by atoms with Gasteiger partial charge in [0.1, 0.15) is 18.1 Å². The number of hydrogen-bond acceptors (Lipinski definition) is 3. The summed E-state index contributed by atoms with van der Waals surface area (Å²) in [7, 11) is 0. The highest BCUT2D eigenvalue weighted by molar-refractivity contribution is 7.10. The molecular formula is C22H30O2S. The van der Waals surface area contributed by atoms with E-state index in [1.165, 1.54) is 23.3 Å². The Morgan fingerprint density at radius 1 is 1.28 bits per heavy atom. The molecule has 1 heterocycles. The predicted octanol–water partition coefficient (Wildman–Crippen LogP) is 6.18. The SMILES string of the molecule is CCC(CCc1ccc(OCC(C)(C)C(C)=O)c(C)c1)c1cccs1. The number of benzene rings is 1. The summed E-state index contributed by atoms with van der Waals surface area (Å²) < 4.78 is 5.90. The number of carbonyl (C=O) groups excluding carboxylic acids is 1. The standard InChI is InChI=1S/C22H30O2S/c1-6-19(21-8-7-13-25-21)11-9-18-10-12-20(16(2)14-18)24-15-22(4,5)17(3)23/h7-8,10,12-14,19H,6,9,11,15H2,1-5H3. The Kier molecular flexibility index (Phi) is 6.83. The van der Waals surface area contributed by atoms with Crippen molar-refractivity contribution in [1.29, 1.82) is 0 Å². The van der Waals surface area contributed by atoms with E-state index in [4.69, 9.17) is 4.74 Å². The van der Waals surface area contributed by atoms with Crippen LogP contribution in [0.4, 0.5) is 0 Å². The lowest BCUT2D eigenvalue weighted by Crippen LogP contribution is -2.29. The molecule has 2 aromatic rings. The van der Waals surface area contributed by atoms with Gasteiger partial charge >= 0.3 is 0 Å². The molecule has 0 fully saturated rings. The molecule has 1 unspecified atom stereocenters. The fourth-order valence-electron chi connectivity index (χ4n) is 2.80. The van der Waals surface area contributed by atoms with Gasteiger partial charge in [-0.05, 0) is 81.5 Å². The molecule has 1 aromatic heterocycles. The molecule has 0 saturated heterocycles. The summed E-state index contributed by atoms with van der Waals surface area (Å²) in [5.41, 5.74) is 2.05. The first-order valence-electron chi connectivity index (χ1n) is 9.10. The third kappa shape index (κ3) is 5.43. The largest absolute Gasteiger partial charge is 0.492 e. The van der Waals surface area contributed by atoms with Crippen LogP contribution in [0.15, 0.2) is 35.7 Å². The number of aryl methyl sites for hydroxylation is 2. The van der Waals surface area contributed by atoms with Crippen LogP contribution < -0.4 is 4.74 Å². The Hall–Kier alpha value is -1.61. The molecule has 2 rings (SSSR count). The lowest BCUT2D eigenvalue weighted by molar-refractivity contribution is -0.126. The lowest BCUT2D eigenvalue weighted by atomic mass is 9.90. The first-order valence-corrected chi connectivity index (χ1v) is 9.98. The van der Waals surface area contributed by atoms with Crippen molar-refractivity contribution in [3.8, 4) is 5.75 Å². The minimum Gasteiger partial charge on any atom is -0.492 e. The highest BCUT2D eigenvalue weighted by atomic mass is 32.1. The van der Waals surface area contributed by atoms with Gasteiger partial charge in [-0.3, -0.25) is 4.79 Å². The minimum atomic E-state index is -0.444. The third-order valence-corrected chi connectivity index (χ3v) is 6.04. The van der Waals surface area contributed by atoms with Crippen LogP contribution in [0.5, 0.6) is 5.75 Å². The average molecular weight is 359 g/mol. The lowest BCUT2D eigenvalue weighted by Gasteiger charge is -2.22. The van der Waals surface area contributed by atoms with Gasteiger partial charge in [-0.1, -0.05) is 25.1 Å². The molecule has 0 aliphatic rings. The predicted molar refractivity (Wildman–Crippen MR) is 107 cm³/mol. The van der Waals surface area contributed by atoms with Gasteiger partial charge in [0.15, 0.2) is 0 Å². The Bertz CT molecular complexity index is 686. The van der Waals surface area contributed by atoms with E-state index >= 15 is 0 Å². The molecule has 0 spiro atoms. The molecule has 25 heavy (non-hydrogen) atoms. The molecule has 1 atom stereocenters. The molecule has 0 N–H and O–H groups in total. The number of hydrogen-bond donors (Lipinski definition) is 0. The van der Waals surface area contributed by atoms with Gasteiger partial charge in [-0.2, -0.15) is 0 Å². The highest BCUT2D eigenvalue weighted by Gasteiger charge is 2.24. The molecule has 3 heteroatoms. The highest BCUT2D eigenvalue weighted by Crippen LogP contribution is 2.30. The second-order valence-electron chi connectivity index (χ2n) is 7.49. The monoisotopic (exact) mass is 358 g/mol. The number of thiophene rings is 1. The number of rotatable bonds is 9. The van der Waals surface area contributed by atoms with E-state index in [1.807, 2.05) is 31.3 Å². The topological polar surface area (TPSA) is 26.3 Å². The summed E-state index contributed by atoms with van der Waals surface area (Å²) in [5, 5.41) is 2.16. The van der Waals surface area contributed by atoms with Crippen molar-refractivity contribution in [2.24, 2.45) is 5.41 Å². The van der Waals surface area contributed by atoms with Crippen molar-refractivity contribution in [1.82, 2.24) is 0 Å². The van der Waals surface area contributed by atoms with Gasteiger partial charge < -0.3 is 4.74 Å². The zero-order valence-corrected chi connectivity index (χ0v) is 16.9. The van der Waals surface area contributed by atoms with Crippen molar-refractivity contribution in [3.05, 3.63) is 51.7 Å². The van der Waals surface area contributed by atoms with E-state index < -0.39 is 5.41 Å². The maximum absolute atomic E-state index is 11.6. The number of ketones is 1. The Morgan fingerprint density at radius 3 is 2.60 bits per heavy atom. The van der Waals surface area contributed by atoms with Crippen molar-refractivity contribution in [3.63, 3.8) is 0 Å². The zero-order chi connectivity index (χ0) is 18.4. The maximum atomic E-state index is 11.6. The zero-order valence-electron chi connectivity index (χ0n) is 16.1. The van der Waals surface area contributed by atoms with Crippen molar-refractivity contribution < 1.29 is 9.53 Å². The second-order valence-corrected chi connectivity index (χ2v) is 8.47. The van der Waals surface area contributed by atoms with Gasteiger partial charge in [0.25, 0.3) is 0 Å². The summed E-state index contributed by atoms with van der Waals surface area (Å²) in [6.07, 6.45) is 3.44. The molecule has 136 valence electrons. The van der Waals surface area contributed by atoms with Gasteiger partial charge in [-0.15, -0.1) is 11.3 Å². The minimum absolute atomic E-state index is 0.154. The van der Waals surface area contributed by atoms with Crippen LogP contribution in [0.1, 0.15) is 62.5 Å². The van der Waals surface area contributed by atoms with E-state index in [1.54, 1.807) is 6.92 Å². The third-order valence-electron chi connectivity index (χ3n) is 5.00. The number of ether oxygens (including phenoxy) is 1.